The van der Waals surface area contributed by atoms with Crippen LogP contribution in [0.3, 0.4) is 0 Å². The Morgan fingerprint density at radius 1 is 1.24 bits per heavy atom. The quantitative estimate of drug-likeness (QED) is 0.620. The van der Waals surface area contributed by atoms with Gasteiger partial charge in [0.2, 0.25) is 5.91 Å². The van der Waals surface area contributed by atoms with Gasteiger partial charge in [-0.1, -0.05) is 19.8 Å². The van der Waals surface area contributed by atoms with E-state index in [4.69, 9.17) is 10.5 Å². The summed E-state index contributed by atoms with van der Waals surface area (Å²) in [5, 5.41) is 5.37. The molecule has 122 valence electrons. The van der Waals surface area contributed by atoms with E-state index in [1.165, 1.54) is 19.3 Å². The van der Waals surface area contributed by atoms with Gasteiger partial charge in [0.05, 0.1) is 18.1 Å². The molecule has 0 bridgehead atoms. The van der Waals surface area contributed by atoms with Gasteiger partial charge in [0.1, 0.15) is 0 Å². The second-order valence-electron chi connectivity index (χ2n) is 6.53. The molecule has 0 unspecified atom stereocenters. The van der Waals surface area contributed by atoms with Crippen molar-refractivity contribution in [3.8, 4) is 0 Å². The van der Waals surface area contributed by atoms with Crippen molar-refractivity contribution >= 4 is 11.9 Å². The van der Waals surface area contributed by atoms with Gasteiger partial charge in [0.15, 0.2) is 0 Å². The fraction of sp³-hybridized carbons (Fsp3) is 0.867. The van der Waals surface area contributed by atoms with Crippen molar-refractivity contribution in [3.63, 3.8) is 0 Å². The van der Waals surface area contributed by atoms with Crippen LogP contribution in [0.4, 0.5) is 4.79 Å². The minimum absolute atomic E-state index is 0.217. The van der Waals surface area contributed by atoms with E-state index in [2.05, 4.69) is 17.6 Å². The van der Waals surface area contributed by atoms with Crippen LogP contribution in [0, 0.1) is 11.3 Å². The van der Waals surface area contributed by atoms with Crippen LogP contribution in [0.15, 0.2) is 0 Å². The molecule has 1 rings (SSSR count). The van der Waals surface area contributed by atoms with Crippen LogP contribution in [0.25, 0.3) is 0 Å². The maximum Gasteiger partial charge on any atom is 0.314 e. The Kier molecular flexibility index (Phi) is 6.95. The third-order valence-corrected chi connectivity index (χ3v) is 4.11. The van der Waals surface area contributed by atoms with E-state index in [0.717, 1.165) is 6.42 Å². The molecule has 0 aliphatic heterocycles. The fourth-order valence-electron chi connectivity index (χ4n) is 2.36. The highest BCUT2D eigenvalue weighted by atomic mass is 16.5. The lowest BCUT2D eigenvalue weighted by molar-refractivity contribution is -0.125. The first-order valence-corrected chi connectivity index (χ1v) is 7.76. The first-order chi connectivity index (χ1) is 9.83. The van der Waals surface area contributed by atoms with Gasteiger partial charge in [-0.05, 0) is 32.6 Å². The number of primary amides is 1. The molecule has 1 fully saturated rings. The van der Waals surface area contributed by atoms with Crippen molar-refractivity contribution in [1.82, 2.24) is 10.6 Å². The molecule has 3 amide bonds. The minimum atomic E-state index is -0.745. The van der Waals surface area contributed by atoms with Crippen LogP contribution >= 0.6 is 0 Å². The van der Waals surface area contributed by atoms with Gasteiger partial charge in [-0.15, -0.1) is 0 Å². The lowest BCUT2D eigenvalue weighted by atomic mass is 9.88. The van der Waals surface area contributed by atoms with Gasteiger partial charge >= 0.3 is 6.03 Å². The first kappa shape index (κ1) is 17.8. The maximum absolute atomic E-state index is 11.6. The zero-order valence-electron chi connectivity index (χ0n) is 13.4. The molecule has 0 aromatic carbocycles. The SMILES string of the molecule is C[C@@H]1CCCC[C@H]1OCCNC(=O)NCC(C)(C)C(N)=O. The van der Waals surface area contributed by atoms with E-state index >= 15 is 0 Å². The smallest absolute Gasteiger partial charge is 0.314 e. The van der Waals surface area contributed by atoms with Crippen LogP contribution in [-0.4, -0.2) is 37.7 Å². The van der Waals surface area contributed by atoms with Gasteiger partial charge in [-0.2, -0.15) is 0 Å². The molecular formula is C15H29N3O3. The molecule has 6 nitrogen and oxygen atoms in total. The Hall–Kier alpha value is -1.30. The molecule has 4 N–H and O–H groups in total. The largest absolute Gasteiger partial charge is 0.376 e. The normalized spacial score (nSPS) is 22.6. The summed E-state index contributed by atoms with van der Waals surface area (Å²) >= 11 is 0. The summed E-state index contributed by atoms with van der Waals surface area (Å²) in [6.07, 6.45) is 5.17. The molecule has 1 aliphatic rings. The molecule has 1 aliphatic carbocycles. The van der Waals surface area contributed by atoms with Gasteiger partial charge in [0, 0.05) is 13.1 Å². The number of carbonyl (C=O) groups excluding carboxylic acids is 2. The molecule has 0 heterocycles. The number of urea groups is 1. The van der Waals surface area contributed by atoms with Gasteiger partial charge in [-0.3, -0.25) is 4.79 Å². The first-order valence-electron chi connectivity index (χ1n) is 7.76. The van der Waals surface area contributed by atoms with Crippen molar-refractivity contribution in [2.75, 3.05) is 19.7 Å². The summed E-state index contributed by atoms with van der Waals surface area (Å²) in [5.74, 6) is 0.168. The summed E-state index contributed by atoms with van der Waals surface area (Å²) in [7, 11) is 0. The number of rotatable bonds is 7. The van der Waals surface area contributed by atoms with Gasteiger partial charge < -0.3 is 21.1 Å². The van der Waals surface area contributed by atoms with Crippen LogP contribution < -0.4 is 16.4 Å². The lowest BCUT2D eigenvalue weighted by Crippen LogP contribution is -2.46. The third-order valence-electron chi connectivity index (χ3n) is 4.11. The van der Waals surface area contributed by atoms with Crippen LogP contribution in [0.5, 0.6) is 0 Å². The standard InChI is InChI=1S/C15H29N3O3/c1-11-6-4-5-7-12(11)21-9-8-17-14(20)18-10-15(2,3)13(16)19/h11-12H,4-10H2,1-3H3,(H2,16,19)(H2,17,18,20)/t11-,12-/m1/s1. The van der Waals surface area contributed by atoms with Gasteiger partial charge in [0.25, 0.3) is 0 Å². The topological polar surface area (TPSA) is 93.4 Å². The van der Waals surface area contributed by atoms with E-state index in [0.29, 0.717) is 25.2 Å². The number of carbonyl (C=O) groups is 2. The molecule has 6 heteroatoms. The Morgan fingerprint density at radius 2 is 1.90 bits per heavy atom. The summed E-state index contributed by atoms with van der Waals surface area (Å²) in [4.78, 5) is 22.7. The highest BCUT2D eigenvalue weighted by Crippen LogP contribution is 2.25. The summed E-state index contributed by atoms with van der Waals surface area (Å²) < 4.78 is 5.81. The zero-order chi connectivity index (χ0) is 15.9. The Balaban J connectivity index is 2.12. The highest BCUT2D eigenvalue weighted by Gasteiger charge is 2.25. The van der Waals surface area contributed by atoms with Crippen LogP contribution in [0.1, 0.15) is 46.5 Å². The number of hydrogen-bond acceptors (Lipinski definition) is 3. The van der Waals surface area contributed by atoms with Crippen molar-refractivity contribution in [1.29, 1.82) is 0 Å². The van der Waals surface area contributed by atoms with E-state index in [1.807, 2.05) is 0 Å². The Bertz CT molecular complexity index is 358. The number of hydrogen-bond donors (Lipinski definition) is 3. The van der Waals surface area contributed by atoms with Crippen molar-refractivity contribution in [2.45, 2.75) is 52.6 Å². The molecule has 0 saturated heterocycles. The number of ether oxygens (including phenoxy) is 1. The number of nitrogens with one attached hydrogen (secondary N) is 2. The fourth-order valence-corrected chi connectivity index (χ4v) is 2.36. The second-order valence-corrected chi connectivity index (χ2v) is 6.53. The lowest BCUT2D eigenvalue weighted by Gasteiger charge is -2.28. The molecule has 0 aromatic heterocycles. The van der Waals surface area contributed by atoms with E-state index in [-0.39, 0.29) is 12.6 Å². The molecular weight excluding hydrogens is 270 g/mol. The predicted octanol–water partition coefficient (Wildman–Crippen LogP) is 1.39. The van der Waals surface area contributed by atoms with E-state index < -0.39 is 11.3 Å². The number of nitrogens with two attached hydrogens (primary N) is 1. The molecule has 2 atom stereocenters. The molecule has 21 heavy (non-hydrogen) atoms. The Morgan fingerprint density at radius 3 is 2.52 bits per heavy atom. The van der Waals surface area contributed by atoms with Gasteiger partial charge in [-0.25, -0.2) is 4.79 Å². The number of amides is 3. The molecule has 0 radical (unpaired) electrons. The second kappa shape index (κ2) is 8.22. The molecule has 1 saturated carbocycles. The summed E-state index contributed by atoms with van der Waals surface area (Å²) in [6.45, 7) is 6.81. The average Bonchev–Trinajstić information content (AvgIpc) is 2.43. The Labute approximate surface area is 127 Å². The zero-order valence-corrected chi connectivity index (χ0v) is 13.4. The van der Waals surface area contributed by atoms with Crippen LogP contribution in [0.2, 0.25) is 0 Å². The van der Waals surface area contributed by atoms with Crippen molar-refractivity contribution < 1.29 is 14.3 Å². The van der Waals surface area contributed by atoms with Crippen LogP contribution in [-0.2, 0) is 9.53 Å². The van der Waals surface area contributed by atoms with Crippen molar-refractivity contribution in [3.05, 3.63) is 0 Å². The average molecular weight is 299 g/mol. The minimum Gasteiger partial charge on any atom is -0.376 e. The summed E-state index contributed by atoms with van der Waals surface area (Å²) in [6, 6.07) is -0.301. The highest BCUT2D eigenvalue weighted by molar-refractivity contribution is 5.81. The predicted molar refractivity (Wildman–Crippen MR) is 81.7 cm³/mol. The van der Waals surface area contributed by atoms with E-state index in [1.54, 1.807) is 13.8 Å². The third kappa shape index (κ3) is 6.33. The van der Waals surface area contributed by atoms with Crippen molar-refractivity contribution in [2.24, 2.45) is 17.1 Å². The maximum atomic E-state index is 11.6. The summed E-state index contributed by atoms with van der Waals surface area (Å²) in [5.41, 5.74) is 4.50. The van der Waals surface area contributed by atoms with E-state index in [9.17, 15) is 9.59 Å². The monoisotopic (exact) mass is 299 g/mol. The molecule has 0 spiro atoms. The molecule has 0 aromatic rings.